The Morgan fingerprint density at radius 2 is 0.744 bits per heavy atom. The summed E-state index contributed by atoms with van der Waals surface area (Å²) in [6, 6.07) is 31.3. The predicted octanol–water partition coefficient (Wildman–Crippen LogP) is 11.7. The molecule has 0 unspecified atom stereocenters. The number of aryl methyl sites for hydroxylation is 2. The van der Waals surface area contributed by atoms with Crippen LogP contribution in [0.5, 0.6) is 0 Å². The zero-order valence-corrected chi connectivity index (χ0v) is 55.8. The van der Waals surface area contributed by atoms with E-state index in [0.29, 0.717) is 82.5 Å². The number of ketones is 1. The van der Waals surface area contributed by atoms with E-state index in [0.717, 1.165) is 135 Å². The number of hydrogen-bond acceptors (Lipinski definition) is 13. The van der Waals surface area contributed by atoms with E-state index in [1.165, 1.54) is 66.2 Å². The summed E-state index contributed by atoms with van der Waals surface area (Å²) >= 11 is 6.22. The van der Waals surface area contributed by atoms with Crippen molar-refractivity contribution in [2.75, 3.05) is 107 Å². The molecule has 0 saturated heterocycles. The number of rotatable bonds is 43. The summed E-state index contributed by atoms with van der Waals surface area (Å²) in [7, 11) is 14.4. The first-order chi connectivity index (χ1) is 43.6. The minimum atomic E-state index is 0.0634. The van der Waals surface area contributed by atoms with E-state index in [1.54, 1.807) is 0 Å². The molecule has 90 heavy (non-hydrogen) atoms. The molecule has 0 spiro atoms. The van der Waals surface area contributed by atoms with Gasteiger partial charge in [-0.3, -0.25) is 19.2 Å². The Labute approximate surface area is 540 Å². The fourth-order valence-corrected chi connectivity index (χ4v) is 11.7. The molecule has 3 amide bonds. The maximum atomic E-state index is 12.8. The first kappa shape index (κ1) is 70.0. The Hall–Kier alpha value is -7.44. The number of unbranched alkanes of at least 4 members (excludes halogenated alkanes) is 12. The lowest BCUT2D eigenvalue weighted by Crippen LogP contribution is -2.36. The summed E-state index contributed by atoms with van der Waals surface area (Å²) in [5, 5.41) is 23.9. The average Bonchev–Trinajstić information content (AvgIpc) is 0.803. The minimum Gasteiger partial charge on any atom is -0.377 e. The maximum Gasteiger partial charge on any atom is 0.228 e. The van der Waals surface area contributed by atoms with Gasteiger partial charge in [-0.2, -0.15) is 24.1 Å². The molecule has 19 heteroatoms. The van der Waals surface area contributed by atoms with Crippen molar-refractivity contribution in [1.29, 1.82) is 0 Å². The third-order valence-electron chi connectivity index (χ3n) is 16.8. The number of carbonyl (C=O) groups excluding carboxylic acids is 4. The summed E-state index contributed by atoms with van der Waals surface area (Å²) in [6.07, 6.45) is 18.8. The van der Waals surface area contributed by atoms with E-state index in [2.05, 4.69) is 198 Å². The summed E-state index contributed by atoms with van der Waals surface area (Å²) in [4.78, 5) is 69.7. The van der Waals surface area contributed by atoms with Crippen LogP contribution in [0.3, 0.4) is 0 Å². The van der Waals surface area contributed by atoms with Gasteiger partial charge in [-0.15, -0.1) is 0 Å². The van der Waals surface area contributed by atoms with Crippen LogP contribution < -0.4 is 55.7 Å². The third-order valence-corrected chi connectivity index (χ3v) is 16.9. The first-order valence-corrected chi connectivity index (χ1v) is 33.7. The average molecular weight is 1250 g/mol. The summed E-state index contributed by atoms with van der Waals surface area (Å²) in [5.41, 5.74) is 9.72. The first-order valence-electron chi connectivity index (χ1n) is 33.3. The molecule has 0 fully saturated rings. The summed E-state index contributed by atoms with van der Waals surface area (Å²) < 4.78 is 4.91. The smallest absolute Gasteiger partial charge is 0.228 e. The number of pyridine rings is 2. The van der Waals surface area contributed by atoms with Crippen LogP contribution in [0, 0.1) is 0 Å². The third kappa shape index (κ3) is 23.1. The largest absolute Gasteiger partial charge is 0.377 e. The number of aromatic nitrogens is 5. The topological polar surface area (TPSA) is 197 Å². The van der Waals surface area contributed by atoms with Gasteiger partial charge < -0.3 is 46.6 Å². The zero-order chi connectivity index (χ0) is 64.0. The molecule has 0 radical (unpaired) electrons. The highest BCUT2D eigenvalue weighted by atomic mass is 35.5. The van der Waals surface area contributed by atoms with Gasteiger partial charge >= 0.3 is 0 Å². The van der Waals surface area contributed by atoms with Crippen molar-refractivity contribution in [3.8, 4) is 0 Å². The van der Waals surface area contributed by atoms with Crippen molar-refractivity contribution in [2.45, 2.75) is 167 Å². The van der Waals surface area contributed by atoms with Gasteiger partial charge in [-0.05, 0) is 162 Å². The number of nitrogens with zero attached hydrogens (tertiary/aromatic N) is 8. The Morgan fingerprint density at radius 3 is 1.13 bits per heavy atom. The van der Waals surface area contributed by atoms with Crippen LogP contribution in [0.1, 0.15) is 153 Å². The highest BCUT2D eigenvalue weighted by Gasteiger charge is 2.20. The van der Waals surface area contributed by atoms with E-state index in [9.17, 15) is 19.2 Å². The number of Topliss-reactive ketones (excluding diaryl/α,β-unsaturated/α-hetero) is 1. The number of nitrogens with one attached hydrogen (secondary N) is 6. The molecule has 7 rings (SSSR count). The highest BCUT2D eigenvalue weighted by Crippen LogP contribution is 2.27. The molecule has 486 valence electrons. The Morgan fingerprint density at radius 1 is 0.400 bits per heavy atom. The standard InChI is InChI=1S/C71H101ClN14O4/c1-73-52-53-31-32-54-47-55-33-36-58(82(2)3)49-63(55)85(62(54)46-53)44-25-12-18-30-68(90)76-41-23-13-22-40-75-67(89)29-17-10-21-43-78-71-80-69(72)79-70(81-71)77-42-20-9-16-28-66(88)74-39-19-8-14-26-61(87)27-15-11-24-45-86-64-50-59(83(4)5)37-34-56(64)48-57-35-38-60(84(6)7)51-65(57)86/h31-38,46-51,73H,8-30,39-45,52H2,1-7H3,(H3-2,74,75,76,77,78,79,80,81,88,89,90)/p+2. The van der Waals surface area contributed by atoms with Crippen LogP contribution in [-0.2, 0) is 38.8 Å². The monoisotopic (exact) mass is 1250 g/mol. The molecule has 18 nitrogen and oxygen atoms in total. The second-order valence-electron chi connectivity index (χ2n) is 24.7. The van der Waals surface area contributed by atoms with Crippen molar-refractivity contribution in [1.82, 2.24) is 36.2 Å². The van der Waals surface area contributed by atoms with Crippen LogP contribution in [0.25, 0.3) is 43.6 Å². The normalized spacial score (nSPS) is 11.4. The highest BCUT2D eigenvalue weighted by molar-refractivity contribution is 6.28. The molecule has 0 aliphatic rings. The van der Waals surface area contributed by atoms with Gasteiger partial charge in [-0.1, -0.05) is 25.3 Å². The van der Waals surface area contributed by atoms with Crippen LogP contribution in [0.15, 0.2) is 84.9 Å². The maximum absolute atomic E-state index is 12.8. The van der Waals surface area contributed by atoms with Crippen molar-refractivity contribution in [2.24, 2.45) is 0 Å². The number of halogens is 1. The van der Waals surface area contributed by atoms with Crippen LogP contribution in [0.4, 0.5) is 29.0 Å². The van der Waals surface area contributed by atoms with E-state index in [4.69, 9.17) is 11.6 Å². The fraction of sp³-hybridized carbons (Fsp3) is 0.535. The van der Waals surface area contributed by atoms with Crippen molar-refractivity contribution in [3.63, 3.8) is 0 Å². The lowest BCUT2D eigenvalue weighted by molar-refractivity contribution is -0.646. The SMILES string of the molecule is CNCc1ccc2cc3ccc(N(C)C)cc3[n+](CCCCCC(=O)NCCCCCNC(=O)CCCCCNc3nc(Cl)nc(NCCCCCC(=O)NCCCCCC(=O)CCCCC[n+]4c5cc(N(C)C)ccc5cc5ccc(N(C)C)cc54)n3)c2c1. The molecular weight excluding hydrogens is 1150 g/mol. The molecule has 0 aliphatic heterocycles. The van der Waals surface area contributed by atoms with E-state index < -0.39 is 0 Å². The van der Waals surface area contributed by atoms with Crippen LogP contribution in [0.2, 0.25) is 5.28 Å². The van der Waals surface area contributed by atoms with Gasteiger partial charge in [0.15, 0.2) is 0 Å². The number of amides is 3. The Bertz CT molecular complexity index is 3360. The van der Waals surface area contributed by atoms with Gasteiger partial charge in [0.25, 0.3) is 0 Å². The lowest BCUT2D eigenvalue weighted by Gasteiger charge is -2.15. The number of benzene rings is 4. The second-order valence-corrected chi connectivity index (χ2v) is 25.1. The van der Waals surface area contributed by atoms with Gasteiger partial charge in [0.1, 0.15) is 18.9 Å². The Kier molecular flexibility index (Phi) is 29.3. The molecule has 0 atom stereocenters. The van der Waals surface area contributed by atoms with Crippen LogP contribution in [-0.4, -0.2) is 121 Å². The minimum absolute atomic E-state index is 0.0634. The lowest BCUT2D eigenvalue weighted by atomic mass is 10.0. The molecule has 0 saturated carbocycles. The van der Waals surface area contributed by atoms with Gasteiger partial charge in [0.05, 0.1) is 0 Å². The molecule has 7 aromatic rings. The van der Waals surface area contributed by atoms with E-state index in [1.807, 2.05) is 7.05 Å². The second kappa shape index (κ2) is 37.7. The molecule has 0 bridgehead atoms. The molecule has 4 aromatic carbocycles. The van der Waals surface area contributed by atoms with Gasteiger partial charge in [-0.25, -0.2) is 0 Å². The molecule has 0 aliphatic carbocycles. The van der Waals surface area contributed by atoms with Crippen molar-refractivity contribution < 1.29 is 28.3 Å². The summed E-state index contributed by atoms with van der Waals surface area (Å²) in [6.45, 7) is 5.81. The summed E-state index contributed by atoms with van der Waals surface area (Å²) in [5.74, 6) is 1.37. The van der Waals surface area contributed by atoms with Gasteiger partial charge in [0, 0.05) is 189 Å². The van der Waals surface area contributed by atoms with E-state index >= 15 is 0 Å². The fourth-order valence-electron chi connectivity index (χ4n) is 11.5. The van der Waals surface area contributed by atoms with E-state index in [-0.39, 0.29) is 23.0 Å². The van der Waals surface area contributed by atoms with Gasteiger partial charge in [0.2, 0.25) is 57.0 Å². The predicted molar refractivity (Wildman–Crippen MR) is 371 cm³/mol. The Balaban J connectivity index is 0.638. The molecule has 3 heterocycles. The molecule has 3 aromatic heterocycles. The van der Waals surface area contributed by atoms with Crippen molar-refractivity contribution >= 4 is 108 Å². The molecule has 6 N–H and O–H groups in total. The number of anilines is 5. The van der Waals surface area contributed by atoms with Crippen LogP contribution >= 0.6 is 11.6 Å². The van der Waals surface area contributed by atoms with Crippen molar-refractivity contribution in [3.05, 3.63) is 95.8 Å². The zero-order valence-electron chi connectivity index (χ0n) is 55.1. The quantitative estimate of drug-likeness (QED) is 0.0120. The number of fused-ring (bicyclic) bond motifs is 4. The number of carbonyl (C=O) groups is 4. The number of hydrogen-bond donors (Lipinski definition) is 6. The molecular formula is C71H103ClN14O4+2.